The number of carboxylic acids is 1. The molecule has 0 amide bonds. The van der Waals surface area contributed by atoms with Gasteiger partial charge in [-0.2, -0.15) is 17.5 Å². The van der Waals surface area contributed by atoms with Gasteiger partial charge in [-0.3, -0.25) is 0 Å². The van der Waals surface area contributed by atoms with Crippen LogP contribution in [0, 0.1) is 5.82 Å². The largest absolute Gasteiger partial charge is 0.478 e. The maximum Gasteiger partial charge on any atom is 0.416 e. The van der Waals surface area contributed by atoms with E-state index in [9.17, 15) is 35.9 Å². The zero-order chi connectivity index (χ0) is 30.7. The minimum absolute atomic E-state index is 0.00273. The lowest BCUT2D eigenvalue weighted by Crippen LogP contribution is -2.43. The number of carbonyl (C=O) groups is 1. The molecule has 0 aliphatic rings. The number of halogens is 4. The molecule has 6 nitrogen and oxygen atoms in total. The van der Waals surface area contributed by atoms with Gasteiger partial charge in [0.05, 0.1) is 10.5 Å². The lowest BCUT2D eigenvalue weighted by Gasteiger charge is -2.28. The summed E-state index contributed by atoms with van der Waals surface area (Å²) in [6.07, 6.45) is -4.67. The number of hydrogen-bond donors (Lipinski definition) is 1. The number of aliphatic carboxylic acids is 1. The summed E-state index contributed by atoms with van der Waals surface area (Å²) in [5, 5.41) is 10.1. The van der Waals surface area contributed by atoms with Crippen LogP contribution in [0.5, 0.6) is 5.75 Å². The summed E-state index contributed by atoms with van der Waals surface area (Å²) >= 11 is 0. The molecule has 0 aromatic heterocycles. The molecule has 4 rings (SSSR count). The quantitative estimate of drug-likeness (QED) is 0.202. The molecule has 1 N–H and O–H groups in total. The summed E-state index contributed by atoms with van der Waals surface area (Å²) in [6.45, 7) is 1.18. The van der Waals surface area contributed by atoms with Gasteiger partial charge in [-0.1, -0.05) is 48.5 Å². The van der Waals surface area contributed by atoms with Crippen molar-refractivity contribution in [1.82, 2.24) is 4.31 Å². The fourth-order valence-corrected chi connectivity index (χ4v) is 5.52. The van der Waals surface area contributed by atoms with Crippen molar-refractivity contribution < 1.29 is 40.6 Å². The van der Waals surface area contributed by atoms with Crippen LogP contribution < -0.4 is 4.74 Å². The molecule has 0 radical (unpaired) electrons. The molecule has 11 heteroatoms. The molecular weight excluding hydrogens is 574 g/mol. The van der Waals surface area contributed by atoms with E-state index in [-0.39, 0.29) is 34.7 Å². The van der Waals surface area contributed by atoms with Crippen molar-refractivity contribution in [2.24, 2.45) is 0 Å². The van der Waals surface area contributed by atoms with Crippen LogP contribution in [0.15, 0.2) is 102 Å². The summed E-state index contributed by atoms with van der Waals surface area (Å²) in [4.78, 5) is 12.2. The number of ether oxygens (including phenoxy) is 1. The fraction of sp³-hybridized carbons (Fsp3) is 0.194. The molecule has 0 saturated carbocycles. The van der Waals surface area contributed by atoms with E-state index < -0.39 is 39.2 Å². The molecule has 220 valence electrons. The smallest absolute Gasteiger partial charge is 0.416 e. The molecule has 4 aromatic rings. The summed E-state index contributed by atoms with van der Waals surface area (Å²) in [7, 11) is -2.72. The first kappa shape index (κ1) is 30.7. The second-order valence-corrected chi connectivity index (χ2v) is 12.0. The van der Waals surface area contributed by atoms with Crippen LogP contribution in [0.2, 0.25) is 0 Å². The zero-order valence-corrected chi connectivity index (χ0v) is 23.4. The average molecular weight is 602 g/mol. The molecule has 0 saturated heterocycles. The van der Waals surface area contributed by atoms with E-state index in [0.717, 1.165) is 40.7 Å². The Morgan fingerprint density at radius 2 is 1.55 bits per heavy atom. The van der Waals surface area contributed by atoms with Crippen LogP contribution in [-0.4, -0.2) is 36.4 Å². The Labute approximate surface area is 240 Å². The molecule has 0 aliphatic carbocycles. The minimum Gasteiger partial charge on any atom is -0.478 e. The van der Waals surface area contributed by atoms with Crippen molar-refractivity contribution in [3.8, 4) is 16.9 Å². The van der Waals surface area contributed by atoms with E-state index in [1.54, 1.807) is 30.3 Å². The summed E-state index contributed by atoms with van der Waals surface area (Å²) in [6, 6.07) is 21.9. The summed E-state index contributed by atoms with van der Waals surface area (Å²) in [5.74, 6) is -1.88. The lowest BCUT2D eigenvalue weighted by atomic mass is 9.95. The highest BCUT2D eigenvalue weighted by Gasteiger charge is 2.37. The standard InChI is InChI=1S/C31H27F4NO5S/c1-30(29(37)38,19-21-7-4-3-5-8-21)41-28-16-11-22(17-27(28)23-9-6-10-24(18-23)31(33,34)35)20-36(2)42(39,40)26-14-12-25(32)13-15-26/h3-18H,19-20H2,1-2H3,(H,37,38)/t30-/m1/s1. The second kappa shape index (κ2) is 11.9. The maximum atomic E-state index is 13.6. The predicted octanol–water partition coefficient (Wildman–Crippen LogP) is 6.80. The Hall–Kier alpha value is -4.22. The average Bonchev–Trinajstić information content (AvgIpc) is 2.94. The number of nitrogens with zero attached hydrogens (tertiary/aromatic N) is 1. The van der Waals surface area contributed by atoms with Crippen LogP contribution in [0.1, 0.15) is 23.6 Å². The SMILES string of the molecule is CN(Cc1ccc(O[C@](C)(Cc2ccccc2)C(=O)O)c(-c2cccc(C(F)(F)F)c2)c1)S(=O)(=O)c1ccc(F)cc1. The van der Waals surface area contributed by atoms with Crippen molar-refractivity contribution >= 4 is 16.0 Å². The number of alkyl halides is 3. The van der Waals surface area contributed by atoms with Gasteiger partial charge >= 0.3 is 12.1 Å². The Morgan fingerprint density at radius 1 is 0.881 bits per heavy atom. The van der Waals surface area contributed by atoms with E-state index in [1.165, 1.54) is 44.3 Å². The topological polar surface area (TPSA) is 83.9 Å². The predicted molar refractivity (Wildman–Crippen MR) is 149 cm³/mol. The van der Waals surface area contributed by atoms with Gasteiger partial charge in [0, 0.05) is 25.6 Å². The van der Waals surface area contributed by atoms with Crippen LogP contribution in [0.3, 0.4) is 0 Å². The molecular formula is C31H27F4NO5S. The molecule has 0 fully saturated rings. The first-order chi connectivity index (χ1) is 19.7. The van der Waals surface area contributed by atoms with Gasteiger partial charge in [0.2, 0.25) is 15.6 Å². The monoisotopic (exact) mass is 601 g/mol. The van der Waals surface area contributed by atoms with Gasteiger partial charge in [-0.15, -0.1) is 0 Å². The summed E-state index contributed by atoms with van der Waals surface area (Å²) in [5.41, 5.74) is -1.40. The number of carboxylic acid groups (broad SMARTS) is 1. The van der Waals surface area contributed by atoms with Crippen molar-refractivity contribution in [2.45, 2.75) is 36.6 Å². The van der Waals surface area contributed by atoms with Crippen LogP contribution in [-0.2, 0) is 34.0 Å². The van der Waals surface area contributed by atoms with Crippen molar-refractivity contribution in [3.63, 3.8) is 0 Å². The molecule has 1 atom stereocenters. The molecule has 0 unspecified atom stereocenters. The molecule has 0 spiro atoms. The third-order valence-corrected chi connectivity index (χ3v) is 8.46. The highest BCUT2D eigenvalue weighted by atomic mass is 32.2. The maximum absolute atomic E-state index is 13.6. The highest BCUT2D eigenvalue weighted by Crippen LogP contribution is 2.38. The van der Waals surface area contributed by atoms with E-state index in [4.69, 9.17) is 4.74 Å². The minimum atomic E-state index is -4.64. The number of sulfonamides is 1. The van der Waals surface area contributed by atoms with E-state index in [1.807, 2.05) is 0 Å². The lowest BCUT2D eigenvalue weighted by molar-refractivity contribution is -0.153. The van der Waals surface area contributed by atoms with E-state index >= 15 is 0 Å². The normalized spacial score (nSPS) is 13.5. The molecule has 4 aromatic carbocycles. The first-order valence-corrected chi connectivity index (χ1v) is 14.1. The van der Waals surface area contributed by atoms with Gasteiger partial charge < -0.3 is 9.84 Å². The first-order valence-electron chi connectivity index (χ1n) is 12.7. The number of benzene rings is 4. The molecule has 0 bridgehead atoms. The molecule has 0 heterocycles. The van der Waals surface area contributed by atoms with Gasteiger partial charge in [-0.05, 0) is 72.1 Å². The van der Waals surface area contributed by atoms with E-state index in [2.05, 4.69) is 0 Å². The van der Waals surface area contributed by atoms with Gasteiger partial charge in [0.15, 0.2) is 0 Å². The van der Waals surface area contributed by atoms with Crippen LogP contribution in [0.4, 0.5) is 17.6 Å². The van der Waals surface area contributed by atoms with Crippen molar-refractivity contribution in [1.29, 1.82) is 0 Å². The van der Waals surface area contributed by atoms with Crippen molar-refractivity contribution in [2.75, 3.05) is 7.05 Å². The van der Waals surface area contributed by atoms with Crippen molar-refractivity contribution in [3.05, 3.63) is 120 Å². The Kier molecular flexibility index (Phi) is 8.74. The van der Waals surface area contributed by atoms with Gasteiger partial charge in [0.25, 0.3) is 0 Å². The number of rotatable bonds is 10. The van der Waals surface area contributed by atoms with E-state index in [0.29, 0.717) is 11.1 Å². The van der Waals surface area contributed by atoms with Gasteiger partial charge in [0.1, 0.15) is 11.6 Å². The van der Waals surface area contributed by atoms with Crippen LogP contribution in [0.25, 0.3) is 11.1 Å². The Bertz CT molecular complexity index is 1680. The molecule has 0 aliphatic heterocycles. The zero-order valence-electron chi connectivity index (χ0n) is 22.6. The van der Waals surface area contributed by atoms with Gasteiger partial charge in [-0.25, -0.2) is 17.6 Å². The van der Waals surface area contributed by atoms with Crippen LogP contribution >= 0.6 is 0 Å². The Morgan fingerprint density at radius 3 is 2.17 bits per heavy atom. The number of hydrogen-bond acceptors (Lipinski definition) is 4. The second-order valence-electron chi connectivity index (χ2n) is 9.92. The molecule has 42 heavy (non-hydrogen) atoms. The Balaban J connectivity index is 1.76. The highest BCUT2D eigenvalue weighted by molar-refractivity contribution is 7.89. The fourth-order valence-electron chi connectivity index (χ4n) is 4.37. The third kappa shape index (κ3) is 6.97. The third-order valence-electron chi connectivity index (χ3n) is 6.64. The summed E-state index contributed by atoms with van der Waals surface area (Å²) < 4.78 is 87.2.